The van der Waals surface area contributed by atoms with Crippen LogP contribution in [0.3, 0.4) is 0 Å². The van der Waals surface area contributed by atoms with E-state index in [9.17, 15) is 9.59 Å². The van der Waals surface area contributed by atoms with E-state index in [2.05, 4.69) is 5.16 Å². The zero-order valence-electron chi connectivity index (χ0n) is 15.3. The Kier molecular flexibility index (Phi) is 4.57. The summed E-state index contributed by atoms with van der Waals surface area (Å²) in [5.74, 6) is -0.228. The van der Waals surface area contributed by atoms with E-state index in [4.69, 9.17) is 15.0 Å². The second-order valence-corrected chi connectivity index (χ2v) is 6.63. The van der Waals surface area contributed by atoms with Crippen molar-refractivity contribution in [3.63, 3.8) is 0 Å². The van der Waals surface area contributed by atoms with Gasteiger partial charge in [0.25, 0.3) is 5.91 Å². The summed E-state index contributed by atoms with van der Waals surface area (Å²) in [4.78, 5) is 26.5. The third kappa shape index (κ3) is 3.22. The summed E-state index contributed by atoms with van der Waals surface area (Å²) in [5, 5.41) is 4.00. The minimum atomic E-state index is -0.729. The van der Waals surface area contributed by atoms with Gasteiger partial charge >= 0.3 is 0 Å². The molecule has 142 valence electrons. The summed E-state index contributed by atoms with van der Waals surface area (Å²) < 4.78 is 10.5. The van der Waals surface area contributed by atoms with E-state index < -0.39 is 17.9 Å². The van der Waals surface area contributed by atoms with Crippen LogP contribution in [0.25, 0.3) is 11.3 Å². The molecule has 0 fully saturated rings. The summed E-state index contributed by atoms with van der Waals surface area (Å²) >= 11 is 0. The Morgan fingerprint density at radius 1 is 1.14 bits per heavy atom. The minimum Gasteiger partial charge on any atom is -0.497 e. The zero-order chi connectivity index (χ0) is 19.7. The Bertz CT molecular complexity index is 1040. The van der Waals surface area contributed by atoms with Gasteiger partial charge in [-0.25, -0.2) is 0 Å². The molecule has 2 N–H and O–H groups in total. The number of ether oxygens (including phenoxy) is 1. The molecule has 7 heteroatoms. The largest absolute Gasteiger partial charge is 0.497 e. The fourth-order valence-electron chi connectivity index (χ4n) is 3.43. The lowest BCUT2D eigenvalue weighted by atomic mass is 9.93. The van der Waals surface area contributed by atoms with Crippen molar-refractivity contribution >= 4 is 11.8 Å². The standard InChI is InChI=1S/C21H19N3O4/c1-27-16-8-4-7-14(9-16)17-11-19(28-23-17)21(26)24-12-15-6-3-2-5-13(15)10-18(24)20(22)25/h2-9,11,18H,10,12H2,1H3,(H2,22,25)/t18-/m0/s1. The van der Waals surface area contributed by atoms with E-state index in [1.807, 2.05) is 42.5 Å². The first-order valence-corrected chi connectivity index (χ1v) is 8.85. The molecule has 2 aromatic carbocycles. The van der Waals surface area contributed by atoms with Gasteiger partial charge in [-0.2, -0.15) is 0 Å². The molecule has 1 atom stereocenters. The molecular weight excluding hydrogens is 358 g/mol. The summed E-state index contributed by atoms with van der Waals surface area (Å²) in [6.07, 6.45) is 0.383. The topological polar surface area (TPSA) is 98.7 Å². The lowest BCUT2D eigenvalue weighted by Crippen LogP contribution is -2.51. The average molecular weight is 377 g/mol. The average Bonchev–Trinajstić information content (AvgIpc) is 3.22. The van der Waals surface area contributed by atoms with Gasteiger partial charge in [-0.15, -0.1) is 0 Å². The van der Waals surface area contributed by atoms with Crippen molar-refractivity contribution < 1.29 is 18.8 Å². The molecule has 28 heavy (non-hydrogen) atoms. The highest BCUT2D eigenvalue weighted by Crippen LogP contribution is 2.27. The molecule has 2 heterocycles. The van der Waals surface area contributed by atoms with Crippen LogP contribution in [0.1, 0.15) is 21.7 Å². The number of carbonyl (C=O) groups is 2. The van der Waals surface area contributed by atoms with Crippen molar-refractivity contribution in [2.75, 3.05) is 7.11 Å². The van der Waals surface area contributed by atoms with Crippen LogP contribution in [0.5, 0.6) is 5.75 Å². The molecule has 0 saturated carbocycles. The molecule has 1 aromatic heterocycles. The SMILES string of the molecule is COc1cccc(-c2cc(C(=O)N3Cc4ccccc4C[C@H]3C(N)=O)on2)c1. The number of benzene rings is 2. The van der Waals surface area contributed by atoms with E-state index in [0.717, 1.165) is 16.7 Å². The number of fused-ring (bicyclic) bond motifs is 1. The number of carbonyl (C=O) groups excluding carboxylic acids is 2. The first-order chi connectivity index (χ1) is 13.6. The first-order valence-electron chi connectivity index (χ1n) is 8.85. The van der Waals surface area contributed by atoms with Crippen molar-refractivity contribution in [1.29, 1.82) is 0 Å². The van der Waals surface area contributed by atoms with E-state index in [-0.39, 0.29) is 12.3 Å². The molecule has 3 aromatic rings. The van der Waals surface area contributed by atoms with Crippen molar-refractivity contribution in [1.82, 2.24) is 10.1 Å². The van der Waals surface area contributed by atoms with Crippen LogP contribution in [-0.4, -0.2) is 35.0 Å². The van der Waals surface area contributed by atoms with Crippen LogP contribution in [0.4, 0.5) is 0 Å². The molecule has 4 rings (SSSR count). The quantitative estimate of drug-likeness (QED) is 0.753. The summed E-state index contributed by atoms with van der Waals surface area (Å²) in [6.45, 7) is 0.289. The maximum Gasteiger partial charge on any atom is 0.293 e. The van der Waals surface area contributed by atoms with Gasteiger partial charge < -0.3 is 19.9 Å². The van der Waals surface area contributed by atoms with Gasteiger partial charge in [0, 0.05) is 24.6 Å². The van der Waals surface area contributed by atoms with Crippen LogP contribution in [0, 0.1) is 0 Å². The van der Waals surface area contributed by atoms with Gasteiger partial charge in [0.2, 0.25) is 11.7 Å². The van der Waals surface area contributed by atoms with Crippen molar-refractivity contribution in [3.05, 3.63) is 71.5 Å². The normalized spacial score (nSPS) is 15.8. The molecule has 7 nitrogen and oxygen atoms in total. The van der Waals surface area contributed by atoms with Crippen molar-refractivity contribution in [3.8, 4) is 17.0 Å². The third-order valence-corrected chi connectivity index (χ3v) is 4.92. The molecule has 2 amide bonds. The highest BCUT2D eigenvalue weighted by molar-refractivity contribution is 5.96. The Hall–Kier alpha value is -3.61. The molecule has 1 aliphatic heterocycles. The fourth-order valence-corrected chi connectivity index (χ4v) is 3.43. The monoisotopic (exact) mass is 377 g/mol. The van der Waals surface area contributed by atoms with Gasteiger partial charge in [0.1, 0.15) is 17.5 Å². The molecule has 0 radical (unpaired) electrons. The number of methoxy groups -OCH3 is 1. The predicted molar refractivity (Wildman–Crippen MR) is 101 cm³/mol. The molecule has 0 saturated heterocycles. The van der Waals surface area contributed by atoms with Gasteiger partial charge in [-0.1, -0.05) is 41.6 Å². The smallest absolute Gasteiger partial charge is 0.293 e. The maximum absolute atomic E-state index is 13.1. The van der Waals surface area contributed by atoms with Crippen molar-refractivity contribution in [2.45, 2.75) is 19.0 Å². The zero-order valence-corrected chi connectivity index (χ0v) is 15.3. The second kappa shape index (κ2) is 7.19. The molecule has 0 bridgehead atoms. The molecule has 0 aliphatic carbocycles. The van der Waals surface area contributed by atoms with Gasteiger partial charge in [0.05, 0.1) is 7.11 Å². The van der Waals surface area contributed by atoms with E-state index in [0.29, 0.717) is 17.9 Å². The fraction of sp³-hybridized carbons (Fsp3) is 0.190. The molecule has 0 spiro atoms. The Balaban J connectivity index is 1.63. The van der Waals surface area contributed by atoms with Gasteiger partial charge in [-0.3, -0.25) is 9.59 Å². The number of nitrogens with zero attached hydrogens (tertiary/aromatic N) is 2. The summed E-state index contributed by atoms with van der Waals surface area (Å²) in [7, 11) is 1.58. The number of hydrogen-bond acceptors (Lipinski definition) is 5. The maximum atomic E-state index is 13.1. The van der Waals surface area contributed by atoms with Crippen LogP contribution in [0.15, 0.2) is 59.1 Å². The lowest BCUT2D eigenvalue weighted by molar-refractivity contribution is -0.122. The number of nitrogens with two attached hydrogens (primary N) is 1. The number of amides is 2. The molecule has 1 aliphatic rings. The van der Waals surface area contributed by atoms with E-state index >= 15 is 0 Å². The first kappa shape index (κ1) is 17.8. The van der Waals surface area contributed by atoms with Crippen molar-refractivity contribution in [2.24, 2.45) is 5.73 Å². The number of hydrogen-bond donors (Lipinski definition) is 1. The Morgan fingerprint density at radius 2 is 1.93 bits per heavy atom. The minimum absolute atomic E-state index is 0.0588. The Morgan fingerprint density at radius 3 is 2.68 bits per heavy atom. The second-order valence-electron chi connectivity index (χ2n) is 6.63. The summed E-state index contributed by atoms with van der Waals surface area (Å²) in [5.41, 5.74) is 8.84. The summed E-state index contributed by atoms with van der Waals surface area (Å²) in [6, 6.07) is 15.8. The highest BCUT2D eigenvalue weighted by Gasteiger charge is 2.35. The van der Waals surface area contributed by atoms with Gasteiger partial charge in [0.15, 0.2) is 0 Å². The van der Waals surface area contributed by atoms with Crippen LogP contribution in [-0.2, 0) is 17.8 Å². The number of rotatable bonds is 4. The highest BCUT2D eigenvalue weighted by atomic mass is 16.5. The van der Waals surface area contributed by atoms with E-state index in [1.54, 1.807) is 19.2 Å². The number of aromatic nitrogens is 1. The molecular formula is C21H19N3O4. The lowest BCUT2D eigenvalue weighted by Gasteiger charge is -2.34. The van der Waals surface area contributed by atoms with Crippen LogP contribution in [0.2, 0.25) is 0 Å². The number of primary amides is 1. The predicted octanol–water partition coefficient (Wildman–Crippen LogP) is 2.40. The Labute approximate surface area is 161 Å². The van der Waals surface area contributed by atoms with Crippen LogP contribution >= 0.6 is 0 Å². The third-order valence-electron chi connectivity index (χ3n) is 4.92. The van der Waals surface area contributed by atoms with Crippen LogP contribution < -0.4 is 10.5 Å². The van der Waals surface area contributed by atoms with Gasteiger partial charge in [-0.05, 0) is 23.3 Å². The van der Waals surface area contributed by atoms with E-state index in [1.165, 1.54) is 4.90 Å². The molecule has 0 unspecified atom stereocenters.